The van der Waals surface area contributed by atoms with E-state index in [4.69, 9.17) is 24.3 Å². The van der Waals surface area contributed by atoms with Crippen molar-refractivity contribution in [1.82, 2.24) is 24.6 Å². The first-order chi connectivity index (χ1) is 27.9. The number of aliphatic carboxylic acids is 1. The van der Waals surface area contributed by atoms with E-state index in [2.05, 4.69) is 20.4 Å². The van der Waals surface area contributed by atoms with Gasteiger partial charge < -0.3 is 29.1 Å². The average Bonchev–Trinajstić information content (AvgIpc) is 3.83. The quantitative estimate of drug-likeness (QED) is 0.110. The Morgan fingerprint density at radius 3 is 2.44 bits per heavy atom. The molecule has 4 fully saturated rings. The van der Waals surface area contributed by atoms with E-state index < -0.39 is 40.8 Å². The van der Waals surface area contributed by atoms with Crippen LogP contribution in [0, 0.1) is 40.4 Å². The zero-order chi connectivity index (χ0) is 42.4. The highest BCUT2D eigenvalue weighted by molar-refractivity contribution is 5.95. The number of carbonyl (C=O) groups excluding carboxylic acids is 3. The molecule has 13 heteroatoms. The third-order valence-corrected chi connectivity index (χ3v) is 12.8. The molecule has 318 valence electrons. The number of rotatable bonds is 18. The van der Waals surface area contributed by atoms with Gasteiger partial charge in [0.25, 0.3) is 0 Å². The van der Waals surface area contributed by atoms with Crippen molar-refractivity contribution in [3.05, 3.63) is 54.9 Å². The summed E-state index contributed by atoms with van der Waals surface area (Å²) in [4.78, 5) is 63.6. The van der Waals surface area contributed by atoms with Crippen molar-refractivity contribution in [1.29, 1.82) is 0 Å². The Kier molecular flexibility index (Phi) is 12.0. The lowest BCUT2D eigenvalue weighted by molar-refractivity contribution is -0.157. The van der Waals surface area contributed by atoms with Gasteiger partial charge in [0.2, 0.25) is 5.91 Å². The van der Waals surface area contributed by atoms with Gasteiger partial charge in [0.05, 0.1) is 41.6 Å². The number of esters is 1. The number of pyridine rings is 1. The number of likely N-dealkylation sites (tertiary alicyclic amines) is 1. The van der Waals surface area contributed by atoms with E-state index in [1.54, 1.807) is 10.8 Å². The van der Waals surface area contributed by atoms with Crippen molar-refractivity contribution in [2.24, 2.45) is 40.4 Å². The van der Waals surface area contributed by atoms with Crippen LogP contribution in [0.15, 0.2) is 49.2 Å². The number of ketones is 1. The first-order valence-corrected chi connectivity index (χ1v) is 21.3. The van der Waals surface area contributed by atoms with Crippen LogP contribution in [0.25, 0.3) is 16.7 Å². The molecule has 3 heterocycles. The minimum Gasteiger partial charge on any atom is -0.492 e. The van der Waals surface area contributed by atoms with Crippen LogP contribution in [-0.2, 0) is 30.3 Å². The molecule has 1 aliphatic heterocycles. The fourth-order valence-electron chi connectivity index (χ4n) is 9.16. The molecule has 3 aromatic rings. The van der Waals surface area contributed by atoms with Gasteiger partial charge in [-0.1, -0.05) is 40.7 Å². The minimum absolute atomic E-state index is 0.0684. The third-order valence-electron chi connectivity index (χ3n) is 12.8. The summed E-state index contributed by atoms with van der Waals surface area (Å²) in [6, 6.07) is 8.48. The van der Waals surface area contributed by atoms with Crippen LogP contribution in [-0.4, -0.2) is 105 Å². The Balaban J connectivity index is 1.19. The van der Waals surface area contributed by atoms with E-state index in [1.165, 1.54) is 11.3 Å². The summed E-state index contributed by atoms with van der Waals surface area (Å²) in [6.45, 7) is 15.1. The first-order valence-electron chi connectivity index (χ1n) is 21.3. The topological polar surface area (TPSA) is 153 Å². The van der Waals surface area contributed by atoms with Crippen molar-refractivity contribution >= 4 is 34.5 Å². The van der Waals surface area contributed by atoms with Gasteiger partial charge in [-0.15, -0.1) is 6.58 Å². The number of amides is 1. The number of aromatic nitrogens is 3. The average molecular weight is 812 g/mol. The number of likely N-dealkylation sites (N-methyl/N-ethyl adjacent to an activating group) is 1. The number of benzene rings is 1. The van der Waals surface area contributed by atoms with E-state index in [9.17, 15) is 24.3 Å². The highest BCUT2D eigenvalue weighted by Gasteiger charge is 2.61. The summed E-state index contributed by atoms with van der Waals surface area (Å²) in [5, 5.41) is 15.7. The van der Waals surface area contributed by atoms with Crippen molar-refractivity contribution in [2.45, 2.75) is 104 Å². The lowest BCUT2D eigenvalue weighted by atomic mass is 9.77. The molecule has 59 heavy (non-hydrogen) atoms. The van der Waals surface area contributed by atoms with Gasteiger partial charge in [-0.05, 0) is 93.5 Å². The summed E-state index contributed by atoms with van der Waals surface area (Å²) in [7, 11) is 3.97. The van der Waals surface area contributed by atoms with Crippen LogP contribution in [0.5, 0.6) is 11.5 Å². The summed E-state index contributed by atoms with van der Waals surface area (Å²) in [5.74, 6) is 0.125. The molecule has 8 atom stereocenters. The fourth-order valence-corrected chi connectivity index (χ4v) is 9.16. The number of carboxylic acid groups (broad SMARTS) is 1. The summed E-state index contributed by atoms with van der Waals surface area (Å²) < 4.78 is 20.5. The molecule has 3 aliphatic carbocycles. The second-order valence-electron chi connectivity index (χ2n) is 19.3. The number of hydrogen-bond acceptors (Lipinski definition) is 10. The van der Waals surface area contributed by atoms with Crippen molar-refractivity contribution in [3.8, 4) is 17.3 Å². The highest BCUT2D eigenvalue weighted by Crippen LogP contribution is 2.57. The number of allylic oxidation sites excluding steroid dienone is 1. The van der Waals surface area contributed by atoms with E-state index in [1.807, 2.05) is 76.3 Å². The molecule has 13 nitrogen and oxygen atoms in total. The molecule has 4 unspecified atom stereocenters. The molecule has 1 saturated heterocycles. The van der Waals surface area contributed by atoms with Gasteiger partial charge in [0.1, 0.15) is 30.3 Å². The molecule has 1 N–H and O–H groups in total. The summed E-state index contributed by atoms with van der Waals surface area (Å²) in [6.07, 6.45) is 6.59. The van der Waals surface area contributed by atoms with Gasteiger partial charge in [-0.25, -0.2) is 9.67 Å². The highest BCUT2D eigenvalue weighted by atomic mass is 16.5. The van der Waals surface area contributed by atoms with Crippen LogP contribution in [0.4, 0.5) is 0 Å². The molecule has 7 rings (SSSR count). The molecule has 0 radical (unpaired) electrons. The number of carboxylic acids is 1. The van der Waals surface area contributed by atoms with Gasteiger partial charge in [-0.3, -0.25) is 19.2 Å². The monoisotopic (exact) mass is 811 g/mol. The number of Topliss-reactive ketones (excluding diaryl/α,β-unsaturated/α-hetero) is 1. The number of carbonyl (C=O) groups is 4. The predicted octanol–water partition coefficient (Wildman–Crippen LogP) is 6.54. The molecular formula is C46H61N5O8. The molecule has 3 saturated carbocycles. The second kappa shape index (κ2) is 16.7. The van der Waals surface area contributed by atoms with E-state index in [0.29, 0.717) is 59.0 Å². The van der Waals surface area contributed by atoms with Crippen LogP contribution in [0.2, 0.25) is 0 Å². The van der Waals surface area contributed by atoms with Crippen LogP contribution >= 0.6 is 0 Å². The Morgan fingerprint density at radius 2 is 1.80 bits per heavy atom. The number of ether oxygens (including phenoxy) is 3. The Morgan fingerprint density at radius 1 is 1.05 bits per heavy atom. The van der Waals surface area contributed by atoms with Crippen LogP contribution < -0.4 is 9.47 Å². The lowest BCUT2D eigenvalue weighted by Crippen LogP contribution is -2.48. The molecule has 0 bridgehead atoms. The Hall–Kier alpha value is -4.78. The molecule has 2 aromatic heterocycles. The van der Waals surface area contributed by atoms with Gasteiger partial charge in [0.15, 0.2) is 11.6 Å². The molecule has 1 amide bonds. The van der Waals surface area contributed by atoms with E-state index in [-0.39, 0.29) is 49.5 Å². The maximum absolute atomic E-state index is 14.8. The second-order valence-corrected chi connectivity index (χ2v) is 19.3. The lowest BCUT2D eigenvalue weighted by Gasteiger charge is -2.35. The van der Waals surface area contributed by atoms with Crippen molar-refractivity contribution in [2.75, 3.05) is 33.8 Å². The Labute approximate surface area is 347 Å². The zero-order valence-corrected chi connectivity index (χ0v) is 35.7. The SMILES string of the molecule is C=C[C@@H]1CC1(CC(=O)[C@@H]1CC(Oc2cc(-n3ccc(CC(C)C)n3)nc3cc(OCCN(C)C)ccc23)CN1C(=O)[C@@H](CC(=O)OC1CC2C[C@H]2C1)C(C)(C)C)C(=O)O. The summed E-state index contributed by atoms with van der Waals surface area (Å²) in [5.41, 5.74) is -0.337. The maximum Gasteiger partial charge on any atom is 0.310 e. The van der Waals surface area contributed by atoms with Gasteiger partial charge >= 0.3 is 11.9 Å². The first kappa shape index (κ1) is 42.3. The normalized spacial score (nSPS) is 26.5. The molecule has 0 spiro atoms. The van der Waals surface area contributed by atoms with Gasteiger partial charge in [-0.2, -0.15) is 5.10 Å². The number of fused-ring (bicyclic) bond motifs is 2. The standard InChI is InChI=1S/C46H61N5O8/c1-9-30-24-46(30,44(55)56)25-39(52)38-21-34(26-50(38)43(54)36(45(4,5)6)22-42(53)59-33-18-28-17-29(28)19-33)58-40-23-41(51-13-12-31(48-51)16-27(2)3)47-37-20-32(10-11-35(37)40)57-15-14-49(7)8/h9-13,20,23,27-30,33-34,36,38H,1,14-19,21-22,24-26H2,2-8H3,(H,55,56)/t28-,29?,30+,33?,34?,36+,38-,46?/m0/s1. The largest absolute Gasteiger partial charge is 0.492 e. The Bertz CT molecular complexity index is 2080. The summed E-state index contributed by atoms with van der Waals surface area (Å²) >= 11 is 0. The number of hydrogen-bond donors (Lipinski definition) is 1. The van der Waals surface area contributed by atoms with Crippen LogP contribution in [0.1, 0.15) is 85.3 Å². The molecule has 4 aliphatic rings. The van der Waals surface area contributed by atoms with E-state index >= 15 is 0 Å². The smallest absolute Gasteiger partial charge is 0.310 e. The zero-order valence-electron chi connectivity index (χ0n) is 35.7. The van der Waals surface area contributed by atoms with Gasteiger partial charge in [0, 0.05) is 43.1 Å². The van der Waals surface area contributed by atoms with E-state index in [0.717, 1.165) is 31.5 Å². The molecule has 1 aromatic carbocycles. The third kappa shape index (κ3) is 9.50. The van der Waals surface area contributed by atoms with Crippen molar-refractivity contribution in [3.63, 3.8) is 0 Å². The number of nitrogens with zero attached hydrogens (tertiary/aromatic N) is 5. The van der Waals surface area contributed by atoms with Crippen LogP contribution in [0.3, 0.4) is 0 Å². The van der Waals surface area contributed by atoms with Crippen molar-refractivity contribution < 1.29 is 38.5 Å². The molecular weight excluding hydrogens is 751 g/mol. The maximum atomic E-state index is 14.8. The minimum atomic E-state index is -1.25. The predicted molar refractivity (Wildman–Crippen MR) is 222 cm³/mol. The fraction of sp³-hybridized carbons (Fsp3) is 0.609.